The summed E-state index contributed by atoms with van der Waals surface area (Å²) in [6.45, 7) is 17.1. The van der Waals surface area contributed by atoms with Crippen molar-refractivity contribution >= 4 is 46.4 Å². The fourth-order valence-corrected chi connectivity index (χ4v) is 10.6. The number of carboxylic acid groups (broad SMARTS) is 1. The number of methoxy groups -OCH3 is 2. The lowest BCUT2D eigenvalue weighted by atomic mass is 9.87. The highest BCUT2D eigenvalue weighted by Crippen LogP contribution is 2.31. The topological polar surface area (TPSA) is 231 Å². The molecule has 20 heteroatoms. The van der Waals surface area contributed by atoms with Crippen molar-refractivity contribution in [2.75, 3.05) is 94.2 Å². The van der Waals surface area contributed by atoms with Crippen molar-refractivity contribution < 1.29 is 62.4 Å². The first-order valence-electron chi connectivity index (χ1n) is 26.7. The number of likely N-dealkylation sites (tertiary alicyclic amines) is 1. The van der Waals surface area contributed by atoms with Gasteiger partial charge in [0.05, 0.1) is 95.3 Å². The van der Waals surface area contributed by atoms with Crippen molar-refractivity contribution in [3.63, 3.8) is 0 Å². The maximum absolute atomic E-state index is 14.6. The smallest absolute Gasteiger partial charge is 0.305 e. The normalized spacial score (nSPS) is 18.6. The predicted octanol–water partition coefficient (Wildman–Crippen LogP) is 4.29. The molecule has 1 aromatic heterocycles. The summed E-state index contributed by atoms with van der Waals surface area (Å²) in [7, 11) is 6.80. The number of likely N-dealkylation sites (N-methyl/N-ethyl adjacent to an activating group) is 2. The van der Waals surface area contributed by atoms with E-state index < -0.39 is 66.1 Å². The minimum Gasteiger partial charge on any atom is -0.481 e. The number of hydroxylamine groups is 2. The number of aliphatic carboxylic acids is 1. The summed E-state index contributed by atoms with van der Waals surface area (Å²) >= 11 is 0. The van der Waals surface area contributed by atoms with Crippen LogP contribution in [-0.4, -0.2) is 202 Å². The van der Waals surface area contributed by atoms with Gasteiger partial charge in [-0.1, -0.05) is 73.1 Å². The van der Waals surface area contributed by atoms with E-state index in [-0.39, 0.29) is 68.0 Å². The largest absolute Gasteiger partial charge is 0.481 e. The molecule has 5 amide bonds. The second-order valence-electron chi connectivity index (χ2n) is 20.6. The second-order valence-corrected chi connectivity index (χ2v) is 20.6. The number of hydrogen-bond acceptors (Lipinski definition) is 14. The molecule has 74 heavy (non-hydrogen) atoms. The van der Waals surface area contributed by atoms with Gasteiger partial charge < -0.3 is 44.0 Å². The number of fused-ring (bicyclic) bond motifs is 1. The van der Waals surface area contributed by atoms with Crippen LogP contribution in [0.25, 0.3) is 10.9 Å². The minimum atomic E-state index is -0.916. The third kappa shape index (κ3) is 17.8. The minimum absolute atomic E-state index is 0.00316. The van der Waals surface area contributed by atoms with Crippen molar-refractivity contribution in [1.29, 1.82) is 0 Å². The third-order valence-corrected chi connectivity index (χ3v) is 14.6. The Morgan fingerprint density at radius 3 is 2.08 bits per heavy atom. The number of carbonyl (C=O) groups excluding carboxylic acids is 5. The number of benzene rings is 1. The van der Waals surface area contributed by atoms with Gasteiger partial charge in [-0.05, 0) is 69.2 Å². The van der Waals surface area contributed by atoms with Crippen molar-refractivity contribution in [3.05, 3.63) is 36.0 Å². The Balaban J connectivity index is 1.41. The molecule has 20 nitrogen and oxygen atoms in total. The zero-order valence-corrected chi connectivity index (χ0v) is 46.1. The number of imide groups is 1. The summed E-state index contributed by atoms with van der Waals surface area (Å²) in [6, 6.07) is 4.70. The molecule has 4 N–H and O–H groups in total. The van der Waals surface area contributed by atoms with Crippen LogP contribution in [-0.2, 0) is 63.7 Å². The van der Waals surface area contributed by atoms with Crippen LogP contribution in [0.5, 0.6) is 0 Å². The summed E-state index contributed by atoms with van der Waals surface area (Å²) in [6.07, 6.45) is 4.43. The number of nitrogens with zero attached hydrogens (tertiary/aromatic N) is 4. The van der Waals surface area contributed by atoms with Gasteiger partial charge in [0.15, 0.2) is 0 Å². The quantitative estimate of drug-likeness (QED) is 0.0731. The summed E-state index contributed by atoms with van der Waals surface area (Å²) < 4.78 is 28.7. The van der Waals surface area contributed by atoms with Crippen LogP contribution in [0, 0.1) is 23.7 Å². The van der Waals surface area contributed by atoms with Crippen LogP contribution in [0.2, 0.25) is 0 Å². The van der Waals surface area contributed by atoms with Crippen LogP contribution in [0.3, 0.4) is 0 Å². The number of para-hydroxylation sites is 1. The molecule has 4 rings (SSSR count). The van der Waals surface area contributed by atoms with Crippen molar-refractivity contribution in [2.24, 2.45) is 23.7 Å². The highest BCUT2D eigenvalue weighted by Gasteiger charge is 2.44. The maximum Gasteiger partial charge on any atom is 0.305 e. The number of aromatic nitrogens is 1. The first kappa shape index (κ1) is 62.0. The molecule has 9 atom stereocenters. The zero-order chi connectivity index (χ0) is 54.5. The molecule has 1 aromatic carbocycles. The van der Waals surface area contributed by atoms with Crippen LogP contribution >= 0.6 is 0 Å². The van der Waals surface area contributed by atoms with Gasteiger partial charge in [0.25, 0.3) is 5.91 Å². The Morgan fingerprint density at radius 1 is 0.824 bits per heavy atom. The first-order chi connectivity index (χ1) is 35.4. The Kier molecular flexibility index (Phi) is 26.4. The monoisotopic (exact) mass is 1040 g/mol. The number of H-pyrrole nitrogens is 1. The second kappa shape index (κ2) is 31.5. The van der Waals surface area contributed by atoms with Gasteiger partial charge in [-0.3, -0.25) is 48.7 Å². The van der Waals surface area contributed by atoms with Gasteiger partial charge in [0.2, 0.25) is 23.6 Å². The van der Waals surface area contributed by atoms with E-state index in [9.17, 15) is 28.8 Å². The molecule has 2 fully saturated rings. The molecule has 0 aliphatic carbocycles. The average Bonchev–Trinajstić information content (AvgIpc) is 4.02. The predicted molar refractivity (Wildman–Crippen MR) is 280 cm³/mol. The zero-order valence-electron chi connectivity index (χ0n) is 46.1. The van der Waals surface area contributed by atoms with E-state index in [0.29, 0.717) is 65.5 Å². The average molecular weight is 1040 g/mol. The molecule has 2 aromatic rings. The van der Waals surface area contributed by atoms with Crippen LogP contribution < -0.4 is 10.6 Å². The van der Waals surface area contributed by atoms with Crippen LogP contribution in [0.4, 0.5) is 0 Å². The number of carboxylic acids is 1. The molecule has 3 heterocycles. The Labute approximate surface area is 439 Å². The molecule has 0 radical (unpaired) electrons. The number of hydrogen-bond donors (Lipinski definition) is 4. The Bertz CT molecular complexity index is 2060. The first-order valence-corrected chi connectivity index (χ1v) is 26.7. The van der Waals surface area contributed by atoms with Crippen molar-refractivity contribution in [2.45, 2.75) is 142 Å². The molecule has 0 unspecified atom stereocenters. The van der Waals surface area contributed by atoms with Gasteiger partial charge in [-0.15, -0.1) is 0 Å². The Hall–Kier alpha value is -4.54. The fraction of sp³-hybridized carbons (Fsp3) is 0.741. The fourth-order valence-electron chi connectivity index (χ4n) is 10.6. The van der Waals surface area contributed by atoms with E-state index in [1.54, 1.807) is 26.0 Å². The number of ether oxygens (including phenoxy) is 5. The number of rotatable bonds is 33. The van der Waals surface area contributed by atoms with Gasteiger partial charge in [0.1, 0.15) is 6.04 Å². The van der Waals surface area contributed by atoms with E-state index in [1.165, 1.54) is 5.06 Å². The molecule has 2 aliphatic rings. The van der Waals surface area contributed by atoms with E-state index in [2.05, 4.69) is 29.5 Å². The summed E-state index contributed by atoms with van der Waals surface area (Å²) in [4.78, 5) is 96.5. The number of nitrogens with one attached hydrogen (secondary N) is 3. The lowest BCUT2D eigenvalue weighted by Crippen LogP contribution is -2.60. The van der Waals surface area contributed by atoms with E-state index in [1.807, 2.05) is 82.1 Å². The number of amides is 5. The molecule has 0 spiro atoms. The Morgan fingerprint density at radius 2 is 1.47 bits per heavy atom. The number of carbonyl (C=O) groups is 6. The summed E-state index contributed by atoms with van der Waals surface area (Å²) in [5.74, 6) is -3.75. The highest BCUT2D eigenvalue weighted by atomic mass is 16.7. The van der Waals surface area contributed by atoms with Gasteiger partial charge in [-0.2, -0.15) is 0 Å². The third-order valence-electron chi connectivity index (χ3n) is 14.6. The van der Waals surface area contributed by atoms with Crippen LogP contribution in [0.1, 0.15) is 99.0 Å². The summed E-state index contributed by atoms with van der Waals surface area (Å²) in [5.41, 5.74) is 1.82. The molecular formula is C54H89N7O13. The molecule has 418 valence electrons. The number of aromatic amines is 1. The lowest BCUT2D eigenvalue weighted by molar-refractivity contribution is -0.199. The maximum atomic E-state index is 14.6. The van der Waals surface area contributed by atoms with E-state index in [0.717, 1.165) is 35.7 Å². The van der Waals surface area contributed by atoms with Gasteiger partial charge >= 0.3 is 5.97 Å². The van der Waals surface area contributed by atoms with Crippen molar-refractivity contribution in [1.82, 2.24) is 35.4 Å². The SMILES string of the molecule is CC[C@H](C)[C@@H]([C@@H](CC(=O)N1CCC[C@H]1[C@H](OC)[C@@H](C)C(=O)N[C@@H](Cc1c[nH]c2ccccc12)C(=O)N1CCCCO1)OC)N(C)[C@H](C(=O)NC(=O)[C@H](C(C)C)N(C)CCOCCOCCOCCC(=O)O)C(C)C. The van der Waals surface area contributed by atoms with E-state index in [4.69, 9.17) is 33.6 Å². The lowest BCUT2D eigenvalue weighted by Gasteiger charge is -2.43. The van der Waals surface area contributed by atoms with E-state index >= 15 is 0 Å². The standard InChI is InChI=1S/C54H89N7O13/c1-12-37(6)49(59(9)48(36(4)5)53(67)57-52(66)47(35(2)3)58(8)24-27-72-29-31-73-30-28-71-26-21-46(63)64)44(69-10)33-45(62)60-22-17-20-43(60)50(70-11)38(7)51(65)56-42(54(68)61-23-15-16-25-74-61)32-39-34-55-41-19-14-13-18-40(39)41/h13-14,18-19,34-38,42-44,47-50,55H,12,15-17,20-33H2,1-11H3,(H,56,65)(H,63,64)(H,57,66,67)/t37-,38+,42-,43-,44+,47-,48-,49-,50+/m0/s1. The highest BCUT2D eigenvalue weighted by molar-refractivity contribution is 6.00. The van der Waals surface area contributed by atoms with Crippen LogP contribution in [0.15, 0.2) is 30.5 Å². The molecule has 2 aliphatic heterocycles. The molecule has 0 bridgehead atoms. The van der Waals surface area contributed by atoms with Crippen molar-refractivity contribution in [3.8, 4) is 0 Å². The molecule has 2 saturated heterocycles. The summed E-state index contributed by atoms with van der Waals surface area (Å²) in [5, 5.41) is 16.8. The molecular weight excluding hydrogens is 955 g/mol. The van der Waals surface area contributed by atoms with Gasteiger partial charge in [0, 0.05) is 63.4 Å². The molecule has 0 saturated carbocycles. The van der Waals surface area contributed by atoms with Gasteiger partial charge in [-0.25, -0.2) is 5.06 Å².